The lowest BCUT2D eigenvalue weighted by atomic mass is 10.0. The summed E-state index contributed by atoms with van der Waals surface area (Å²) < 4.78 is 52.4. The van der Waals surface area contributed by atoms with E-state index in [1.165, 1.54) is 0 Å². The van der Waals surface area contributed by atoms with Crippen LogP contribution in [0.5, 0.6) is 0 Å². The van der Waals surface area contributed by atoms with Crippen LogP contribution in [0.25, 0.3) is 0 Å². The smallest absolute Gasteiger partial charge is 0.321 e. The second-order valence-electron chi connectivity index (χ2n) is 15.2. The van der Waals surface area contributed by atoms with Gasteiger partial charge in [0, 0.05) is 44.6 Å². The zero-order valence-corrected chi connectivity index (χ0v) is 42.6. The Labute approximate surface area is 439 Å². The minimum absolute atomic E-state index is 0. The molecular formula is C38H74ClN21O10S2. The van der Waals surface area contributed by atoms with Crippen LogP contribution in [0.4, 0.5) is 0 Å². The summed E-state index contributed by atoms with van der Waals surface area (Å²) in [5.74, 6) is -13.2. The van der Waals surface area contributed by atoms with E-state index in [4.69, 9.17) is 70.9 Å². The van der Waals surface area contributed by atoms with E-state index in [9.17, 15) is 43.2 Å². The Balaban J connectivity index is 0. The SMILES string of the molecule is Cl.[2H]N(C(C)=O)[C@H](CSSC[C@H](N)C(=O)O)C(=O)N([2H])[C@@H](C)C(=O)N([2H])[C@@H](CCCN=C(N)N)C(=O)N([2H])[C@@H](CCCN=C(N)N)C(=O)N([2H])[C@@H](CCCN=C(N)N)C(=O)N([2H])[C@@H](C)C(=O)N[C@@H](CCCN=C(N)N)C(N)=O. The molecule has 0 aliphatic rings. The van der Waals surface area contributed by atoms with E-state index in [1.54, 1.807) is 0 Å². The molecule has 0 heterocycles. The van der Waals surface area contributed by atoms with Crippen molar-refractivity contribution < 1.29 is 56.7 Å². The average molecular weight is 1090 g/mol. The summed E-state index contributed by atoms with van der Waals surface area (Å²) in [5.41, 5.74) is 54.3. The third-order valence-electron chi connectivity index (χ3n) is 8.98. The van der Waals surface area contributed by atoms with Gasteiger partial charge < -0.3 is 99.6 Å². The minimum atomic E-state index is -2.07. The van der Waals surface area contributed by atoms with Crippen molar-refractivity contribution in [2.45, 2.75) is 120 Å². The maximum Gasteiger partial charge on any atom is 0.321 e. The highest BCUT2D eigenvalue weighted by Gasteiger charge is 2.32. The Bertz CT molecular complexity index is 2150. The number of amides is 8. The Morgan fingerprint density at radius 3 is 1.15 bits per heavy atom. The minimum Gasteiger partial charge on any atom is -0.480 e. The highest BCUT2D eigenvalue weighted by Crippen LogP contribution is 2.23. The lowest BCUT2D eigenvalue weighted by molar-refractivity contribution is -0.138. The highest BCUT2D eigenvalue weighted by atomic mass is 35.5. The van der Waals surface area contributed by atoms with Crippen LogP contribution in [-0.2, 0) is 43.2 Å². The molecule has 0 bridgehead atoms. The Kier molecular flexibility index (Phi) is 28.9. The van der Waals surface area contributed by atoms with Gasteiger partial charge in [0.1, 0.15) is 48.3 Å². The number of carboxylic acid groups (broad SMARTS) is 1. The number of nitrogens with two attached hydrogens (primary N) is 10. The van der Waals surface area contributed by atoms with Crippen molar-refractivity contribution in [1.82, 2.24) is 37.2 Å². The molecule has 0 aromatic carbocycles. The number of primary amides is 1. The quantitative estimate of drug-likeness (QED) is 0.0120. The molecule has 0 aromatic heterocycles. The summed E-state index contributed by atoms with van der Waals surface area (Å²) in [4.78, 5) is 135. The molecule has 31 nitrogen and oxygen atoms in total. The van der Waals surface area contributed by atoms with Crippen LogP contribution in [-0.4, -0.2) is 168 Å². The monoisotopic (exact) mass is 1090 g/mol. The molecule has 0 aliphatic heterocycles. The fourth-order valence-electron chi connectivity index (χ4n) is 5.39. The summed E-state index contributed by atoms with van der Waals surface area (Å²) in [6.45, 7) is 2.47. The predicted molar refractivity (Wildman–Crippen MR) is 277 cm³/mol. The maximum atomic E-state index is 14.5. The van der Waals surface area contributed by atoms with Gasteiger partial charge in [0.15, 0.2) is 32.3 Å². The van der Waals surface area contributed by atoms with Crippen LogP contribution in [0.3, 0.4) is 0 Å². The van der Waals surface area contributed by atoms with Gasteiger partial charge in [0.2, 0.25) is 47.3 Å². The van der Waals surface area contributed by atoms with Gasteiger partial charge in [-0.2, -0.15) is 0 Å². The van der Waals surface area contributed by atoms with Crippen LogP contribution in [0.1, 0.15) is 72.1 Å². The number of nitrogens with one attached hydrogen (secondary N) is 7. The van der Waals surface area contributed by atoms with Crippen molar-refractivity contribution in [2.24, 2.45) is 77.3 Å². The van der Waals surface area contributed by atoms with Gasteiger partial charge in [-0.25, -0.2) is 0 Å². The highest BCUT2D eigenvalue weighted by molar-refractivity contribution is 8.76. The molecule has 0 radical (unpaired) electrons. The summed E-state index contributed by atoms with van der Waals surface area (Å²) in [6.07, 6.45) is -1.92. The molecule has 410 valence electrons. The molecule has 0 fully saturated rings. The van der Waals surface area contributed by atoms with Crippen molar-refractivity contribution in [3.63, 3.8) is 0 Å². The summed E-state index contributed by atoms with van der Waals surface area (Å²) >= 11 is 0. The van der Waals surface area contributed by atoms with Crippen LogP contribution < -0.4 is 94.5 Å². The lowest BCUT2D eigenvalue weighted by Gasteiger charge is -2.27. The van der Waals surface area contributed by atoms with Gasteiger partial charge in [-0.3, -0.25) is 63.1 Å². The normalized spacial score (nSPS) is 15.0. The fourth-order valence-corrected chi connectivity index (χ4v) is 7.62. The first-order valence-corrected chi connectivity index (χ1v) is 24.2. The lowest BCUT2D eigenvalue weighted by Crippen LogP contribution is -2.59. The molecule has 8 amide bonds. The number of hydrogen-bond donors (Lipinski definition) is 18. The van der Waals surface area contributed by atoms with Crippen molar-refractivity contribution in [3.8, 4) is 0 Å². The zero-order chi connectivity index (χ0) is 59.4. The number of carboxylic acids is 1. The van der Waals surface area contributed by atoms with E-state index in [0.717, 1.165) is 42.4 Å². The summed E-state index contributed by atoms with van der Waals surface area (Å²) in [5, 5.41) is 11.9. The number of nitrogens with zero attached hydrogens (tertiary/aromatic N) is 4. The first-order chi connectivity index (χ1) is 35.8. The number of guanidine groups is 4. The van der Waals surface area contributed by atoms with Gasteiger partial charge in [-0.15, -0.1) is 12.4 Å². The Hall–Kier alpha value is -6.74. The fraction of sp³-hybridized carbons (Fsp3) is 0.658. The number of hydrogen-bond acceptors (Lipinski definition) is 16. The van der Waals surface area contributed by atoms with E-state index in [2.05, 4.69) is 25.3 Å². The molecule has 8 atom stereocenters. The van der Waals surface area contributed by atoms with Crippen molar-refractivity contribution in [1.29, 1.82) is 0 Å². The number of aliphatic imine (C=N–C) groups is 4. The molecule has 0 spiro atoms. The number of aliphatic carboxylic acids is 1. The molecule has 0 aromatic rings. The molecule has 34 heteroatoms. The number of carbonyl (C=O) groups excluding carboxylic acids is 8. The van der Waals surface area contributed by atoms with Crippen LogP contribution in [0.2, 0.25) is 8.47 Å². The van der Waals surface area contributed by atoms with Crippen LogP contribution >= 0.6 is 34.0 Å². The molecule has 0 saturated heterocycles. The molecule has 72 heavy (non-hydrogen) atoms. The zero-order valence-electron chi connectivity index (χ0n) is 46.1. The average Bonchev–Trinajstić information content (AvgIpc) is 3.36. The van der Waals surface area contributed by atoms with Gasteiger partial charge in [-0.1, -0.05) is 21.6 Å². The molecule has 0 aliphatic carbocycles. The molecule has 0 unspecified atom stereocenters. The third-order valence-corrected chi connectivity index (χ3v) is 11.4. The largest absolute Gasteiger partial charge is 0.480 e. The number of halogens is 1. The molecule has 0 saturated carbocycles. The Morgan fingerprint density at radius 1 is 0.486 bits per heavy atom. The Morgan fingerprint density at radius 2 is 0.806 bits per heavy atom. The van der Waals surface area contributed by atoms with Crippen LogP contribution in [0, 0.1) is 0 Å². The second-order valence-corrected chi connectivity index (χ2v) is 17.7. The summed E-state index contributed by atoms with van der Waals surface area (Å²) in [6, 6.07) is -14.1. The molecule has 0 rings (SSSR count). The topological polar surface area (TPSA) is 568 Å². The molecule has 28 N–H and O–H groups in total. The second kappa shape index (κ2) is 37.1. The predicted octanol–water partition coefficient (Wildman–Crippen LogP) is -7.65. The van der Waals surface area contributed by atoms with E-state index in [0.29, 0.717) is 0 Å². The van der Waals surface area contributed by atoms with E-state index < -0.39 is 127 Å². The van der Waals surface area contributed by atoms with E-state index in [1.807, 2.05) is 0 Å². The summed E-state index contributed by atoms with van der Waals surface area (Å²) in [7, 11) is 1.72. The van der Waals surface area contributed by atoms with E-state index >= 15 is 0 Å². The van der Waals surface area contributed by atoms with Crippen molar-refractivity contribution in [2.75, 3.05) is 37.7 Å². The first-order valence-electron chi connectivity index (χ1n) is 24.4. The van der Waals surface area contributed by atoms with Crippen LogP contribution in [0.15, 0.2) is 20.0 Å². The molecular weight excluding hydrogens is 1010 g/mol. The third kappa shape index (κ3) is 31.5. The maximum absolute atomic E-state index is 14.5. The van der Waals surface area contributed by atoms with Gasteiger partial charge in [0.05, 0.1) is 0 Å². The number of carbonyl (C=O) groups is 9. The van der Waals surface area contributed by atoms with E-state index in [-0.39, 0.29) is 132 Å². The first kappa shape index (κ1) is 56.2. The van der Waals surface area contributed by atoms with Gasteiger partial charge in [-0.05, 0) is 65.2 Å². The standard InChI is InChI=1S/C38H73N21O10S2.ClH/c1-18(28(62)56-22(27(40)61)8-4-12-49-35(41)42)53-30(64)23(9-5-13-50-36(43)44)58-32(66)25(11-7-15-52-38(47)48)59-31(65)24(10-6-14-51-37(45)46)57-29(63)19(2)54-33(67)26(55-20(3)60)17-71-70-16-21(39)34(68)69;/h18-19,21-26H,4-17,39H2,1-3H3,(H2,40,61)(H,53,64)(H,54,67)(H,55,60)(H,56,62)(H,57,63)(H,58,66)(H,59,65)(H,68,69)(H4,41,42,49)(H4,43,44,50)(H4,45,46,51)(H4,47,48,52);1H/t18-,19-,21-,22-,23-,24-,25-,26+;/m0./s1/i/hD6. The van der Waals surface area contributed by atoms with Crippen molar-refractivity contribution >= 4 is 111 Å². The van der Waals surface area contributed by atoms with Gasteiger partial charge in [0.25, 0.3) is 0 Å². The van der Waals surface area contributed by atoms with Crippen molar-refractivity contribution in [3.05, 3.63) is 0 Å². The number of rotatable bonds is 36. The van der Waals surface area contributed by atoms with Gasteiger partial charge >= 0.3 is 5.97 Å².